The Balaban J connectivity index is 2.13. The van der Waals surface area contributed by atoms with Gasteiger partial charge in [-0.1, -0.05) is 35.9 Å². The molecule has 0 spiro atoms. The van der Waals surface area contributed by atoms with Crippen LogP contribution < -0.4 is 4.74 Å². The van der Waals surface area contributed by atoms with Crippen LogP contribution in [0.2, 0.25) is 5.02 Å². The van der Waals surface area contributed by atoms with E-state index in [9.17, 15) is 9.90 Å². The van der Waals surface area contributed by atoms with Crippen molar-refractivity contribution in [2.24, 2.45) is 0 Å². The minimum absolute atomic E-state index is 0.117. The number of halogens is 1. The second kappa shape index (κ2) is 6.81. The molecule has 0 aliphatic heterocycles. The lowest BCUT2D eigenvalue weighted by Crippen LogP contribution is -2.25. The number of ether oxygens (including phenoxy) is 2. The minimum atomic E-state index is -1.30. The Morgan fingerprint density at radius 3 is 2.41 bits per heavy atom. The summed E-state index contributed by atoms with van der Waals surface area (Å²) in [7, 11) is 1.29. The molecule has 1 unspecified atom stereocenters. The SMILES string of the molecule is COC(=O)CC(C)(O)c1ccc(Oc2ccccc2Cl)cc1. The predicted octanol–water partition coefficient (Wildman–Crippen LogP) is 3.90. The van der Waals surface area contributed by atoms with Crippen LogP contribution in [0.15, 0.2) is 48.5 Å². The number of aliphatic hydroxyl groups is 1. The highest BCUT2D eigenvalue weighted by atomic mass is 35.5. The lowest BCUT2D eigenvalue weighted by atomic mass is 9.92. The number of carbonyl (C=O) groups excluding carboxylic acids is 1. The number of hydrogen-bond donors (Lipinski definition) is 1. The third-order valence-electron chi connectivity index (χ3n) is 3.26. The van der Waals surface area contributed by atoms with Gasteiger partial charge in [0.2, 0.25) is 0 Å². The molecule has 0 saturated heterocycles. The van der Waals surface area contributed by atoms with Gasteiger partial charge < -0.3 is 14.6 Å². The Morgan fingerprint density at radius 2 is 1.82 bits per heavy atom. The van der Waals surface area contributed by atoms with Crippen LogP contribution in [0.5, 0.6) is 11.5 Å². The van der Waals surface area contributed by atoms with Gasteiger partial charge in [0.1, 0.15) is 11.5 Å². The molecular formula is C17H17ClO4. The molecule has 0 bridgehead atoms. The molecular weight excluding hydrogens is 304 g/mol. The zero-order valence-corrected chi connectivity index (χ0v) is 13.1. The smallest absolute Gasteiger partial charge is 0.308 e. The molecule has 0 heterocycles. The van der Waals surface area contributed by atoms with E-state index in [1.165, 1.54) is 7.11 Å². The molecule has 2 rings (SSSR count). The number of esters is 1. The van der Waals surface area contributed by atoms with Gasteiger partial charge in [-0.15, -0.1) is 0 Å². The monoisotopic (exact) mass is 320 g/mol. The Kier molecular flexibility index (Phi) is 5.06. The average Bonchev–Trinajstić information content (AvgIpc) is 2.49. The fraction of sp³-hybridized carbons (Fsp3) is 0.235. The summed E-state index contributed by atoms with van der Waals surface area (Å²) in [6.07, 6.45) is -0.117. The number of methoxy groups -OCH3 is 1. The maximum absolute atomic E-state index is 11.3. The van der Waals surface area contributed by atoms with Crippen molar-refractivity contribution in [2.45, 2.75) is 18.9 Å². The summed E-state index contributed by atoms with van der Waals surface area (Å²) in [6.45, 7) is 1.56. The van der Waals surface area contributed by atoms with Gasteiger partial charge in [-0.3, -0.25) is 4.79 Å². The molecule has 2 aromatic rings. The molecule has 0 aromatic heterocycles. The fourth-order valence-electron chi connectivity index (χ4n) is 1.99. The maximum Gasteiger partial charge on any atom is 0.308 e. The molecule has 2 aromatic carbocycles. The van der Waals surface area contributed by atoms with Crippen molar-refractivity contribution >= 4 is 17.6 Å². The molecule has 0 aliphatic rings. The number of rotatable bonds is 5. The second-order valence-corrected chi connectivity index (χ2v) is 5.49. The van der Waals surface area contributed by atoms with E-state index in [2.05, 4.69) is 4.74 Å². The van der Waals surface area contributed by atoms with Crippen molar-refractivity contribution in [2.75, 3.05) is 7.11 Å². The molecule has 0 saturated carbocycles. The van der Waals surface area contributed by atoms with Crippen molar-refractivity contribution in [3.05, 3.63) is 59.1 Å². The largest absolute Gasteiger partial charge is 0.469 e. The Hall–Kier alpha value is -2.04. The van der Waals surface area contributed by atoms with Gasteiger partial charge >= 0.3 is 5.97 Å². The van der Waals surface area contributed by atoms with Crippen LogP contribution >= 0.6 is 11.6 Å². The van der Waals surface area contributed by atoms with E-state index in [0.29, 0.717) is 22.1 Å². The van der Waals surface area contributed by atoms with E-state index in [0.717, 1.165) is 0 Å². The second-order valence-electron chi connectivity index (χ2n) is 5.08. The Labute approximate surface area is 134 Å². The van der Waals surface area contributed by atoms with Gasteiger partial charge in [0.05, 0.1) is 24.2 Å². The van der Waals surface area contributed by atoms with Crippen LogP contribution in [0.3, 0.4) is 0 Å². The summed E-state index contributed by atoms with van der Waals surface area (Å²) in [5, 5.41) is 10.9. The van der Waals surface area contributed by atoms with Crippen LogP contribution in [-0.4, -0.2) is 18.2 Å². The molecule has 1 N–H and O–H groups in total. The molecule has 0 amide bonds. The van der Waals surface area contributed by atoms with E-state index in [4.69, 9.17) is 16.3 Å². The highest BCUT2D eigenvalue weighted by Crippen LogP contribution is 2.31. The predicted molar refractivity (Wildman–Crippen MR) is 84.2 cm³/mol. The summed E-state index contributed by atoms with van der Waals surface area (Å²) in [5.74, 6) is 0.672. The Bertz CT molecular complexity index is 650. The number of carbonyl (C=O) groups is 1. The van der Waals surface area contributed by atoms with Gasteiger partial charge in [-0.2, -0.15) is 0 Å². The highest BCUT2D eigenvalue weighted by Gasteiger charge is 2.27. The normalized spacial score (nSPS) is 13.3. The summed E-state index contributed by atoms with van der Waals surface area (Å²) >= 11 is 6.03. The van der Waals surface area contributed by atoms with E-state index in [-0.39, 0.29) is 6.42 Å². The molecule has 0 fully saturated rings. The summed E-state index contributed by atoms with van der Waals surface area (Å²) in [5.41, 5.74) is -0.694. The zero-order valence-electron chi connectivity index (χ0n) is 12.4. The van der Waals surface area contributed by atoms with E-state index < -0.39 is 11.6 Å². The van der Waals surface area contributed by atoms with Crippen molar-refractivity contribution in [3.63, 3.8) is 0 Å². The van der Waals surface area contributed by atoms with Gasteiger partial charge in [-0.05, 0) is 36.8 Å². The third kappa shape index (κ3) is 4.00. The molecule has 0 radical (unpaired) electrons. The molecule has 5 heteroatoms. The minimum Gasteiger partial charge on any atom is -0.469 e. The molecule has 1 atom stereocenters. The first kappa shape index (κ1) is 16.3. The highest BCUT2D eigenvalue weighted by molar-refractivity contribution is 6.32. The Morgan fingerprint density at radius 1 is 1.18 bits per heavy atom. The first-order chi connectivity index (χ1) is 10.4. The number of para-hydroxylation sites is 1. The maximum atomic E-state index is 11.3. The van der Waals surface area contributed by atoms with E-state index in [1.54, 1.807) is 43.3 Å². The van der Waals surface area contributed by atoms with Gasteiger partial charge in [0.25, 0.3) is 0 Å². The quantitative estimate of drug-likeness (QED) is 0.849. The van der Waals surface area contributed by atoms with Crippen LogP contribution in [0, 0.1) is 0 Å². The van der Waals surface area contributed by atoms with Gasteiger partial charge in [0, 0.05) is 0 Å². The standard InChI is InChI=1S/C17H17ClO4/c1-17(20,11-16(19)21-2)12-7-9-13(10-8-12)22-15-6-4-3-5-14(15)18/h3-10,20H,11H2,1-2H3. The van der Waals surface area contributed by atoms with Gasteiger partial charge in [-0.25, -0.2) is 0 Å². The fourth-order valence-corrected chi connectivity index (χ4v) is 2.17. The van der Waals surface area contributed by atoms with Crippen LogP contribution in [0.25, 0.3) is 0 Å². The third-order valence-corrected chi connectivity index (χ3v) is 3.57. The molecule has 22 heavy (non-hydrogen) atoms. The number of hydrogen-bond acceptors (Lipinski definition) is 4. The lowest BCUT2D eigenvalue weighted by Gasteiger charge is -2.22. The van der Waals surface area contributed by atoms with Crippen molar-refractivity contribution in [1.29, 1.82) is 0 Å². The first-order valence-corrected chi connectivity index (χ1v) is 7.12. The zero-order chi connectivity index (χ0) is 16.2. The van der Waals surface area contributed by atoms with Gasteiger partial charge in [0.15, 0.2) is 0 Å². The van der Waals surface area contributed by atoms with Crippen molar-refractivity contribution in [1.82, 2.24) is 0 Å². The van der Waals surface area contributed by atoms with E-state index in [1.807, 2.05) is 12.1 Å². The topological polar surface area (TPSA) is 55.8 Å². The number of benzene rings is 2. The van der Waals surface area contributed by atoms with Crippen molar-refractivity contribution in [3.8, 4) is 11.5 Å². The molecule has 116 valence electrons. The van der Waals surface area contributed by atoms with Crippen molar-refractivity contribution < 1.29 is 19.4 Å². The lowest BCUT2D eigenvalue weighted by molar-refractivity contribution is -0.145. The van der Waals surface area contributed by atoms with E-state index >= 15 is 0 Å². The average molecular weight is 321 g/mol. The van der Waals surface area contributed by atoms with Crippen LogP contribution in [-0.2, 0) is 15.1 Å². The molecule has 0 aliphatic carbocycles. The van der Waals surface area contributed by atoms with Crippen LogP contribution in [0.1, 0.15) is 18.9 Å². The summed E-state index contributed by atoms with van der Waals surface area (Å²) in [4.78, 5) is 11.3. The van der Waals surface area contributed by atoms with Crippen LogP contribution in [0.4, 0.5) is 0 Å². The first-order valence-electron chi connectivity index (χ1n) is 6.74. The summed E-state index contributed by atoms with van der Waals surface area (Å²) < 4.78 is 10.3. The molecule has 4 nitrogen and oxygen atoms in total. The summed E-state index contributed by atoms with van der Waals surface area (Å²) in [6, 6.07) is 14.0.